The molecule has 0 amide bonds. The van der Waals surface area contributed by atoms with Crippen molar-refractivity contribution in [2.45, 2.75) is 19.4 Å². The van der Waals surface area contributed by atoms with E-state index in [-0.39, 0.29) is 16.9 Å². The van der Waals surface area contributed by atoms with Crippen LogP contribution in [0.15, 0.2) is 36.4 Å². The maximum absolute atomic E-state index is 14.0. The Bertz CT molecular complexity index is 613. The van der Waals surface area contributed by atoms with Gasteiger partial charge in [0.25, 0.3) is 0 Å². The van der Waals surface area contributed by atoms with Gasteiger partial charge in [0.1, 0.15) is 5.82 Å². The van der Waals surface area contributed by atoms with Gasteiger partial charge >= 0.3 is 0 Å². The molecule has 0 aliphatic rings. The van der Waals surface area contributed by atoms with E-state index in [9.17, 15) is 4.39 Å². The molecule has 1 nitrogen and oxygen atoms in total. The predicted octanol–water partition coefficient (Wildman–Crippen LogP) is 4.94. The van der Waals surface area contributed by atoms with Crippen molar-refractivity contribution in [1.29, 1.82) is 0 Å². The Morgan fingerprint density at radius 2 is 1.75 bits per heavy atom. The number of benzene rings is 2. The molecule has 0 aliphatic carbocycles. The molecule has 1 atom stereocenters. The SMILES string of the molecule is CNC(Cc1cccc(Cl)c1F)c1cccc(Cl)c1C. The van der Waals surface area contributed by atoms with Crippen LogP contribution >= 0.6 is 23.2 Å². The second-order valence-electron chi connectivity index (χ2n) is 4.71. The second-order valence-corrected chi connectivity index (χ2v) is 5.53. The molecule has 106 valence electrons. The molecule has 0 bridgehead atoms. The van der Waals surface area contributed by atoms with Gasteiger partial charge in [-0.2, -0.15) is 0 Å². The van der Waals surface area contributed by atoms with E-state index < -0.39 is 0 Å². The molecule has 0 radical (unpaired) electrons. The van der Waals surface area contributed by atoms with Crippen molar-refractivity contribution in [3.63, 3.8) is 0 Å². The topological polar surface area (TPSA) is 12.0 Å². The Kier molecular flexibility index (Phi) is 5.03. The normalized spacial score (nSPS) is 12.4. The summed E-state index contributed by atoms with van der Waals surface area (Å²) in [7, 11) is 1.85. The van der Waals surface area contributed by atoms with Gasteiger partial charge in [0, 0.05) is 11.1 Å². The number of likely N-dealkylation sites (N-methyl/N-ethyl adjacent to an activating group) is 1. The molecule has 2 rings (SSSR count). The van der Waals surface area contributed by atoms with Crippen molar-refractivity contribution in [1.82, 2.24) is 5.32 Å². The molecule has 0 aromatic heterocycles. The molecule has 1 unspecified atom stereocenters. The minimum atomic E-state index is -0.353. The summed E-state index contributed by atoms with van der Waals surface area (Å²) in [6, 6.07) is 10.8. The Balaban J connectivity index is 2.34. The van der Waals surface area contributed by atoms with Crippen LogP contribution in [0, 0.1) is 12.7 Å². The average Bonchev–Trinajstić information content (AvgIpc) is 2.44. The van der Waals surface area contributed by atoms with Gasteiger partial charge < -0.3 is 5.32 Å². The molecule has 0 spiro atoms. The molecular formula is C16H16Cl2FN. The first-order valence-corrected chi connectivity index (χ1v) is 7.15. The summed E-state index contributed by atoms with van der Waals surface area (Å²) in [4.78, 5) is 0. The largest absolute Gasteiger partial charge is 0.313 e. The number of rotatable bonds is 4. The zero-order valence-electron chi connectivity index (χ0n) is 11.4. The summed E-state index contributed by atoms with van der Waals surface area (Å²) >= 11 is 12.0. The van der Waals surface area contributed by atoms with Crippen LogP contribution in [0.1, 0.15) is 22.7 Å². The minimum absolute atomic E-state index is 0.0123. The summed E-state index contributed by atoms with van der Waals surface area (Å²) in [6.45, 7) is 1.97. The van der Waals surface area contributed by atoms with Crippen molar-refractivity contribution >= 4 is 23.2 Å². The first-order valence-electron chi connectivity index (χ1n) is 6.39. The molecule has 2 aromatic rings. The number of nitrogens with one attached hydrogen (secondary N) is 1. The quantitative estimate of drug-likeness (QED) is 0.843. The average molecular weight is 312 g/mol. The lowest BCUT2D eigenvalue weighted by molar-refractivity contribution is 0.553. The standard InChI is InChI=1S/C16H16Cl2FN/c1-10-12(6-4-7-13(10)17)15(20-2)9-11-5-3-8-14(18)16(11)19/h3-8,15,20H,9H2,1-2H3. The number of halogens is 3. The third kappa shape index (κ3) is 3.14. The van der Waals surface area contributed by atoms with Crippen LogP contribution < -0.4 is 5.32 Å². The number of hydrogen-bond acceptors (Lipinski definition) is 1. The van der Waals surface area contributed by atoms with Crippen molar-refractivity contribution in [3.05, 3.63) is 69.0 Å². The van der Waals surface area contributed by atoms with Crippen LogP contribution in [-0.2, 0) is 6.42 Å². The monoisotopic (exact) mass is 311 g/mol. The van der Waals surface area contributed by atoms with Gasteiger partial charge in [-0.1, -0.05) is 47.5 Å². The number of hydrogen-bond donors (Lipinski definition) is 1. The maximum Gasteiger partial charge on any atom is 0.145 e. The van der Waals surface area contributed by atoms with E-state index in [0.717, 1.165) is 11.1 Å². The molecule has 0 saturated carbocycles. The van der Waals surface area contributed by atoms with Crippen LogP contribution in [0.5, 0.6) is 0 Å². The van der Waals surface area contributed by atoms with E-state index in [1.807, 2.05) is 32.2 Å². The van der Waals surface area contributed by atoms with Crippen molar-refractivity contribution in [2.24, 2.45) is 0 Å². The first kappa shape index (κ1) is 15.3. The maximum atomic E-state index is 14.0. The summed E-state index contributed by atoms with van der Waals surface area (Å²) in [5.74, 6) is -0.353. The highest BCUT2D eigenvalue weighted by molar-refractivity contribution is 6.31. The van der Waals surface area contributed by atoms with Gasteiger partial charge in [-0.25, -0.2) is 4.39 Å². The van der Waals surface area contributed by atoms with Gasteiger partial charge in [0.05, 0.1) is 5.02 Å². The molecule has 20 heavy (non-hydrogen) atoms. The van der Waals surface area contributed by atoms with Gasteiger partial charge in [-0.15, -0.1) is 0 Å². The van der Waals surface area contributed by atoms with Crippen LogP contribution in [0.2, 0.25) is 10.0 Å². The molecule has 2 aromatic carbocycles. The van der Waals surface area contributed by atoms with Gasteiger partial charge in [0.2, 0.25) is 0 Å². The van der Waals surface area contributed by atoms with Gasteiger partial charge in [-0.05, 0) is 49.2 Å². The van der Waals surface area contributed by atoms with Crippen LogP contribution in [0.4, 0.5) is 4.39 Å². The zero-order chi connectivity index (χ0) is 14.7. The zero-order valence-corrected chi connectivity index (χ0v) is 12.9. The molecule has 0 heterocycles. The van der Waals surface area contributed by atoms with Crippen LogP contribution in [-0.4, -0.2) is 7.05 Å². The fraction of sp³-hybridized carbons (Fsp3) is 0.250. The smallest absolute Gasteiger partial charge is 0.145 e. The summed E-state index contributed by atoms with van der Waals surface area (Å²) in [5, 5.41) is 4.08. The van der Waals surface area contributed by atoms with Gasteiger partial charge in [0.15, 0.2) is 0 Å². The van der Waals surface area contributed by atoms with E-state index in [1.165, 1.54) is 0 Å². The first-order chi connectivity index (χ1) is 9.54. The Morgan fingerprint density at radius 3 is 2.45 bits per heavy atom. The molecule has 4 heteroatoms. The molecular weight excluding hydrogens is 296 g/mol. The fourth-order valence-corrected chi connectivity index (χ4v) is 2.67. The lowest BCUT2D eigenvalue weighted by Gasteiger charge is -2.20. The van der Waals surface area contributed by atoms with E-state index in [4.69, 9.17) is 23.2 Å². The predicted molar refractivity (Wildman–Crippen MR) is 83.1 cm³/mol. The highest BCUT2D eigenvalue weighted by atomic mass is 35.5. The summed E-state index contributed by atoms with van der Waals surface area (Å²) in [6.07, 6.45) is 0.518. The third-order valence-electron chi connectivity index (χ3n) is 3.49. The van der Waals surface area contributed by atoms with Gasteiger partial charge in [-0.3, -0.25) is 0 Å². The molecule has 0 fully saturated rings. The Labute approximate surface area is 128 Å². The van der Waals surface area contributed by atoms with Crippen molar-refractivity contribution in [3.8, 4) is 0 Å². The highest BCUT2D eigenvalue weighted by Gasteiger charge is 2.16. The van der Waals surface area contributed by atoms with E-state index in [0.29, 0.717) is 17.0 Å². The van der Waals surface area contributed by atoms with E-state index in [1.54, 1.807) is 18.2 Å². The summed E-state index contributed by atoms with van der Waals surface area (Å²) < 4.78 is 14.0. The fourth-order valence-electron chi connectivity index (χ4n) is 2.30. The van der Waals surface area contributed by atoms with Crippen molar-refractivity contribution < 1.29 is 4.39 Å². The molecule has 1 N–H and O–H groups in total. The molecule has 0 saturated heterocycles. The lowest BCUT2D eigenvalue weighted by Crippen LogP contribution is -2.20. The van der Waals surface area contributed by atoms with Crippen molar-refractivity contribution in [2.75, 3.05) is 7.05 Å². The Hall–Kier alpha value is -1.09. The van der Waals surface area contributed by atoms with E-state index >= 15 is 0 Å². The Morgan fingerprint density at radius 1 is 1.10 bits per heavy atom. The lowest BCUT2D eigenvalue weighted by atomic mass is 9.95. The second kappa shape index (κ2) is 6.57. The third-order valence-corrected chi connectivity index (χ3v) is 4.19. The minimum Gasteiger partial charge on any atom is -0.313 e. The molecule has 0 aliphatic heterocycles. The van der Waals surface area contributed by atoms with Crippen LogP contribution in [0.25, 0.3) is 0 Å². The highest BCUT2D eigenvalue weighted by Crippen LogP contribution is 2.28. The van der Waals surface area contributed by atoms with E-state index in [2.05, 4.69) is 5.32 Å². The van der Waals surface area contributed by atoms with Crippen LogP contribution in [0.3, 0.4) is 0 Å². The summed E-state index contributed by atoms with van der Waals surface area (Å²) in [5.41, 5.74) is 2.67.